The van der Waals surface area contributed by atoms with Crippen molar-refractivity contribution >= 4 is 44.1 Å². The molecule has 152 valence electrons. The van der Waals surface area contributed by atoms with Crippen LogP contribution >= 0.6 is 15.9 Å². The number of nitrogens with zero attached hydrogens (tertiary/aromatic N) is 6. The van der Waals surface area contributed by atoms with E-state index >= 15 is 0 Å². The Balaban J connectivity index is 1.25. The number of fused-ring (bicyclic) bond motifs is 2. The Morgan fingerprint density at radius 1 is 1.03 bits per heavy atom. The van der Waals surface area contributed by atoms with Gasteiger partial charge in [0.1, 0.15) is 10.4 Å². The highest BCUT2D eigenvalue weighted by Crippen LogP contribution is 2.39. The van der Waals surface area contributed by atoms with Gasteiger partial charge >= 0.3 is 5.69 Å². The van der Waals surface area contributed by atoms with Crippen molar-refractivity contribution in [2.24, 2.45) is 0 Å². The van der Waals surface area contributed by atoms with Gasteiger partial charge in [0.2, 0.25) is 5.95 Å². The zero-order valence-corrected chi connectivity index (χ0v) is 17.4. The first kappa shape index (κ1) is 17.9. The standard InChI is InChI=1S/C20H17BrFN7O/c21-16-9-23-17-18(27-16)28(13-3-4-13)20(30)29(17)14-6-12(7-14)25-19-24-8-10-1-2-11(22)5-15(10)26-19/h1-2,5,8-9,12-14H,3-4,6-7H2,(H,24,25,26)/t12-,14-. The lowest BCUT2D eigenvalue weighted by Gasteiger charge is -2.36. The van der Waals surface area contributed by atoms with E-state index < -0.39 is 0 Å². The Morgan fingerprint density at radius 3 is 2.63 bits per heavy atom. The van der Waals surface area contributed by atoms with E-state index in [0.29, 0.717) is 27.4 Å². The summed E-state index contributed by atoms with van der Waals surface area (Å²) >= 11 is 3.36. The van der Waals surface area contributed by atoms with Crippen LogP contribution in [-0.4, -0.2) is 35.1 Å². The Bertz CT molecular complexity index is 1360. The number of aromatic nitrogens is 6. The number of halogens is 2. The van der Waals surface area contributed by atoms with Crippen molar-refractivity contribution < 1.29 is 4.39 Å². The third kappa shape index (κ3) is 2.89. The van der Waals surface area contributed by atoms with Crippen LogP contribution in [0, 0.1) is 5.82 Å². The molecule has 8 nitrogen and oxygen atoms in total. The molecule has 0 aliphatic heterocycles. The third-order valence-electron chi connectivity index (χ3n) is 5.84. The van der Waals surface area contributed by atoms with E-state index in [2.05, 4.69) is 41.2 Å². The number of rotatable bonds is 4. The minimum atomic E-state index is -0.324. The molecular weight excluding hydrogens is 453 g/mol. The molecule has 10 heteroatoms. The number of imidazole rings is 1. The summed E-state index contributed by atoms with van der Waals surface area (Å²) < 4.78 is 17.7. The van der Waals surface area contributed by atoms with Gasteiger partial charge in [-0.2, -0.15) is 0 Å². The van der Waals surface area contributed by atoms with E-state index in [1.54, 1.807) is 27.6 Å². The molecule has 0 amide bonds. The molecule has 2 fully saturated rings. The van der Waals surface area contributed by atoms with Crippen molar-refractivity contribution in [3.63, 3.8) is 0 Å². The van der Waals surface area contributed by atoms with Crippen LogP contribution < -0.4 is 11.0 Å². The van der Waals surface area contributed by atoms with E-state index in [0.717, 1.165) is 31.1 Å². The molecule has 0 bridgehead atoms. The normalized spacial score (nSPS) is 21.1. The van der Waals surface area contributed by atoms with Gasteiger partial charge in [0.05, 0.1) is 11.7 Å². The zero-order valence-electron chi connectivity index (χ0n) is 15.8. The average Bonchev–Trinajstić information content (AvgIpc) is 3.48. The first-order valence-corrected chi connectivity index (χ1v) is 10.7. The van der Waals surface area contributed by atoms with E-state index in [1.165, 1.54) is 12.1 Å². The van der Waals surface area contributed by atoms with Crippen LogP contribution in [0.5, 0.6) is 0 Å². The fraction of sp³-hybridized carbons (Fsp3) is 0.350. The minimum Gasteiger partial charge on any atom is -0.351 e. The highest BCUT2D eigenvalue weighted by Gasteiger charge is 2.37. The Kier molecular flexibility index (Phi) is 3.92. The summed E-state index contributed by atoms with van der Waals surface area (Å²) in [7, 11) is 0. The molecule has 30 heavy (non-hydrogen) atoms. The maximum Gasteiger partial charge on any atom is 0.332 e. The van der Waals surface area contributed by atoms with Gasteiger partial charge in [0, 0.05) is 35.8 Å². The Hall–Kier alpha value is -2.88. The molecule has 0 atom stereocenters. The summed E-state index contributed by atoms with van der Waals surface area (Å²) in [6.07, 6.45) is 6.83. The van der Waals surface area contributed by atoms with Gasteiger partial charge in [-0.05, 0) is 53.7 Å². The second-order valence-electron chi connectivity index (χ2n) is 7.96. The summed E-state index contributed by atoms with van der Waals surface area (Å²) in [5.74, 6) is 0.142. The van der Waals surface area contributed by atoms with Crippen LogP contribution in [0.4, 0.5) is 10.3 Å². The molecule has 0 radical (unpaired) electrons. The van der Waals surface area contributed by atoms with Crippen molar-refractivity contribution in [3.8, 4) is 0 Å². The second kappa shape index (κ2) is 6.56. The summed E-state index contributed by atoms with van der Waals surface area (Å²) in [5, 5.41) is 4.09. The number of nitrogens with one attached hydrogen (secondary N) is 1. The van der Waals surface area contributed by atoms with Crippen LogP contribution in [-0.2, 0) is 0 Å². The molecule has 1 N–H and O–H groups in total. The van der Waals surface area contributed by atoms with Gasteiger partial charge in [0.25, 0.3) is 0 Å². The number of anilines is 1. The monoisotopic (exact) mass is 469 g/mol. The Labute approximate surface area is 178 Å². The van der Waals surface area contributed by atoms with E-state index in [9.17, 15) is 9.18 Å². The van der Waals surface area contributed by atoms with E-state index in [-0.39, 0.29) is 29.6 Å². The second-order valence-corrected chi connectivity index (χ2v) is 8.77. The largest absolute Gasteiger partial charge is 0.351 e. The lowest BCUT2D eigenvalue weighted by Crippen LogP contribution is -2.41. The average molecular weight is 470 g/mol. The highest BCUT2D eigenvalue weighted by molar-refractivity contribution is 9.10. The van der Waals surface area contributed by atoms with Crippen LogP contribution in [0.2, 0.25) is 0 Å². The maximum atomic E-state index is 13.5. The molecule has 3 heterocycles. The zero-order chi connectivity index (χ0) is 20.4. The minimum absolute atomic E-state index is 0.0357. The van der Waals surface area contributed by atoms with Crippen LogP contribution in [0.15, 0.2) is 40.0 Å². The molecule has 2 aliphatic carbocycles. The number of hydrogen-bond acceptors (Lipinski definition) is 6. The molecule has 0 saturated heterocycles. The van der Waals surface area contributed by atoms with Crippen molar-refractivity contribution in [3.05, 3.63) is 51.5 Å². The summed E-state index contributed by atoms with van der Waals surface area (Å²) in [4.78, 5) is 30.8. The lowest BCUT2D eigenvalue weighted by molar-refractivity contribution is 0.279. The van der Waals surface area contributed by atoms with E-state index in [1.807, 2.05) is 0 Å². The summed E-state index contributed by atoms with van der Waals surface area (Å²) in [5.41, 5.74) is 1.81. The third-order valence-corrected chi connectivity index (χ3v) is 6.23. The topological polar surface area (TPSA) is 90.5 Å². The number of hydrogen-bond donors (Lipinski definition) is 1. The fourth-order valence-electron chi connectivity index (χ4n) is 4.14. The first-order chi connectivity index (χ1) is 14.6. The van der Waals surface area contributed by atoms with Gasteiger partial charge in [0.15, 0.2) is 11.3 Å². The van der Waals surface area contributed by atoms with Crippen LogP contribution in [0.3, 0.4) is 0 Å². The van der Waals surface area contributed by atoms with Gasteiger partial charge in [-0.25, -0.2) is 29.1 Å². The molecule has 0 unspecified atom stereocenters. The highest BCUT2D eigenvalue weighted by atomic mass is 79.9. The molecular formula is C20H17BrFN7O. The number of benzene rings is 1. The van der Waals surface area contributed by atoms with Crippen molar-refractivity contribution in [2.45, 2.75) is 43.8 Å². The van der Waals surface area contributed by atoms with E-state index in [4.69, 9.17) is 0 Å². The summed E-state index contributed by atoms with van der Waals surface area (Å²) in [6, 6.07) is 4.86. The van der Waals surface area contributed by atoms with Gasteiger partial charge in [-0.15, -0.1) is 0 Å². The van der Waals surface area contributed by atoms with Crippen LogP contribution in [0.25, 0.3) is 22.2 Å². The predicted molar refractivity (Wildman–Crippen MR) is 113 cm³/mol. The Morgan fingerprint density at radius 2 is 1.83 bits per heavy atom. The SMILES string of the molecule is O=c1n(C2CC2)c2nc(Br)cnc2n1[C@H]1C[C@H](Nc2ncc3ccc(F)cc3n2)C1. The maximum absolute atomic E-state index is 13.5. The van der Waals surface area contributed by atoms with Crippen molar-refractivity contribution in [1.82, 2.24) is 29.1 Å². The quantitative estimate of drug-likeness (QED) is 0.491. The van der Waals surface area contributed by atoms with Crippen molar-refractivity contribution in [2.75, 3.05) is 5.32 Å². The van der Waals surface area contributed by atoms with Crippen molar-refractivity contribution in [1.29, 1.82) is 0 Å². The molecule has 2 saturated carbocycles. The molecule has 3 aromatic heterocycles. The summed E-state index contributed by atoms with van der Waals surface area (Å²) in [6.45, 7) is 0. The molecule has 4 aromatic rings. The van der Waals surface area contributed by atoms with Gasteiger partial charge < -0.3 is 5.32 Å². The predicted octanol–water partition coefficient (Wildman–Crippen LogP) is 3.59. The van der Waals surface area contributed by atoms with Crippen LogP contribution in [0.1, 0.15) is 37.8 Å². The first-order valence-electron chi connectivity index (χ1n) is 9.90. The lowest BCUT2D eigenvalue weighted by atomic mass is 9.86. The molecule has 0 spiro atoms. The molecule has 2 aliphatic rings. The van der Waals surface area contributed by atoms with Gasteiger partial charge in [-0.3, -0.25) is 9.13 Å². The van der Waals surface area contributed by atoms with Gasteiger partial charge in [-0.1, -0.05) is 0 Å². The fourth-order valence-corrected chi connectivity index (χ4v) is 4.41. The molecule has 1 aromatic carbocycles. The smallest absolute Gasteiger partial charge is 0.332 e. The molecule has 6 rings (SSSR count).